The molecule has 3 nitrogen and oxygen atoms in total. The number of rotatable bonds is 6. The minimum absolute atomic E-state index is 0.532. The predicted octanol–water partition coefficient (Wildman–Crippen LogP) is 1.26. The van der Waals surface area contributed by atoms with Crippen LogP contribution in [0.5, 0.6) is 0 Å². The van der Waals surface area contributed by atoms with Gasteiger partial charge in [-0.05, 0) is 72.0 Å². The van der Waals surface area contributed by atoms with Crippen molar-refractivity contribution in [1.82, 2.24) is 15.1 Å². The molecule has 0 aromatic heterocycles. The van der Waals surface area contributed by atoms with Gasteiger partial charge in [0.15, 0.2) is 0 Å². The highest BCUT2D eigenvalue weighted by molar-refractivity contribution is 4.83. The molecule has 1 saturated heterocycles. The van der Waals surface area contributed by atoms with E-state index in [0.717, 1.165) is 6.54 Å². The van der Waals surface area contributed by atoms with Crippen molar-refractivity contribution in [1.29, 1.82) is 0 Å². The van der Waals surface area contributed by atoms with E-state index in [1.807, 2.05) is 0 Å². The Hall–Kier alpha value is -0.120. The molecule has 0 aliphatic carbocycles. The normalized spacial score (nSPS) is 21.6. The fourth-order valence-corrected chi connectivity index (χ4v) is 2.25. The lowest BCUT2D eigenvalue weighted by Gasteiger charge is -2.38. The van der Waals surface area contributed by atoms with Crippen molar-refractivity contribution in [2.75, 3.05) is 53.9 Å². The van der Waals surface area contributed by atoms with Gasteiger partial charge in [0.25, 0.3) is 0 Å². The summed E-state index contributed by atoms with van der Waals surface area (Å²) in [4.78, 5) is 4.69. The third-order valence-electron chi connectivity index (χ3n) is 3.70. The maximum absolute atomic E-state index is 3.62. The van der Waals surface area contributed by atoms with Gasteiger partial charge in [-0.3, -0.25) is 0 Å². The topological polar surface area (TPSA) is 18.5 Å². The van der Waals surface area contributed by atoms with E-state index in [4.69, 9.17) is 0 Å². The van der Waals surface area contributed by atoms with Gasteiger partial charge in [-0.1, -0.05) is 6.92 Å². The van der Waals surface area contributed by atoms with Crippen molar-refractivity contribution in [3.63, 3.8) is 0 Å². The average molecular weight is 227 g/mol. The second kappa shape index (κ2) is 6.58. The van der Waals surface area contributed by atoms with Crippen LogP contribution in [-0.2, 0) is 0 Å². The summed E-state index contributed by atoms with van der Waals surface area (Å²) in [6, 6.07) is 0. The van der Waals surface area contributed by atoms with E-state index < -0.39 is 0 Å². The predicted molar refractivity (Wildman–Crippen MR) is 70.9 cm³/mol. The number of hydrogen-bond acceptors (Lipinski definition) is 3. The Balaban J connectivity index is 2.07. The van der Waals surface area contributed by atoms with E-state index in [-0.39, 0.29) is 0 Å². The molecule has 1 aliphatic heterocycles. The van der Waals surface area contributed by atoms with Crippen molar-refractivity contribution >= 4 is 0 Å². The lowest BCUT2D eigenvalue weighted by molar-refractivity contribution is 0.137. The van der Waals surface area contributed by atoms with Crippen molar-refractivity contribution in [2.45, 2.75) is 26.2 Å². The van der Waals surface area contributed by atoms with Crippen LogP contribution in [0.1, 0.15) is 26.2 Å². The zero-order chi connectivity index (χ0) is 12.0. The largest absolute Gasteiger partial charge is 0.316 e. The van der Waals surface area contributed by atoms with Gasteiger partial charge in [0.2, 0.25) is 0 Å². The SMILES string of the molecule is CN(C)CCCNCC1(C)CCN(C)CC1. The number of likely N-dealkylation sites (tertiary alicyclic amines) is 1. The van der Waals surface area contributed by atoms with Gasteiger partial charge in [-0.15, -0.1) is 0 Å². The molecule has 1 N–H and O–H groups in total. The molecule has 0 atom stereocenters. The minimum atomic E-state index is 0.532. The second-order valence-electron chi connectivity index (χ2n) is 5.95. The van der Waals surface area contributed by atoms with Crippen LogP contribution in [0.3, 0.4) is 0 Å². The van der Waals surface area contributed by atoms with Crippen LogP contribution in [0.2, 0.25) is 0 Å². The summed E-state index contributed by atoms with van der Waals surface area (Å²) < 4.78 is 0. The first-order valence-corrected chi connectivity index (χ1v) is 6.56. The highest BCUT2D eigenvalue weighted by atomic mass is 15.1. The minimum Gasteiger partial charge on any atom is -0.316 e. The van der Waals surface area contributed by atoms with E-state index >= 15 is 0 Å². The summed E-state index contributed by atoms with van der Waals surface area (Å²) in [5.74, 6) is 0. The van der Waals surface area contributed by atoms with Gasteiger partial charge in [0, 0.05) is 6.54 Å². The zero-order valence-corrected chi connectivity index (χ0v) is 11.6. The van der Waals surface area contributed by atoms with Gasteiger partial charge < -0.3 is 15.1 Å². The van der Waals surface area contributed by atoms with Crippen molar-refractivity contribution < 1.29 is 0 Å². The Morgan fingerprint density at radius 3 is 2.44 bits per heavy atom. The van der Waals surface area contributed by atoms with Crippen LogP contribution in [0.25, 0.3) is 0 Å². The highest BCUT2D eigenvalue weighted by Crippen LogP contribution is 2.29. The Labute approximate surface area is 101 Å². The quantitative estimate of drug-likeness (QED) is 0.689. The summed E-state index contributed by atoms with van der Waals surface area (Å²) >= 11 is 0. The summed E-state index contributed by atoms with van der Waals surface area (Å²) in [5, 5.41) is 3.62. The van der Waals surface area contributed by atoms with Crippen molar-refractivity contribution in [3.05, 3.63) is 0 Å². The van der Waals surface area contributed by atoms with Crippen molar-refractivity contribution in [2.24, 2.45) is 5.41 Å². The molecular formula is C13H29N3. The molecule has 96 valence electrons. The lowest BCUT2D eigenvalue weighted by atomic mass is 9.80. The summed E-state index contributed by atoms with van der Waals surface area (Å²) in [6.07, 6.45) is 3.93. The lowest BCUT2D eigenvalue weighted by Crippen LogP contribution is -2.42. The van der Waals surface area contributed by atoms with E-state index in [9.17, 15) is 0 Å². The molecule has 1 fully saturated rings. The van der Waals surface area contributed by atoms with Crippen LogP contribution in [0.15, 0.2) is 0 Å². The number of nitrogens with zero attached hydrogens (tertiary/aromatic N) is 2. The Kier molecular flexibility index (Phi) is 5.73. The molecule has 16 heavy (non-hydrogen) atoms. The van der Waals surface area contributed by atoms with Gasteiger partial charge in [0.1, 0.15) is 0 Å². The maximum atomic E-state index is 3.62. The Morgan fingerprint density at radius 1 is 1.25 bits per heavy atom. The number of hydrogen-bond donors (Lipinski definition) is 1. The first-order valence-electron chi connectivity index (χ1n) is 6.56. The van der Waals surface area contributed by atoms with E-state index in [2.05, 4.69) is 43.2 Å². The number of nitrogens with one attached hydrogen (secondary N) is 1. The Morgan fingerprint density at radius 2 is 1.88 bits per heavy atom. The summed E-state index contributed by atoms with van der Waals surface area (Å²) in [5.41, 5.74) is 0.532. The fraction of sp³-hybridized carbons (Fsp3) is 1.00. The highest BCUT2D eigenvalue weighted by Gasteiger charge is 2.27. The molecule has 0 amide bonds. The van der Waals surface area contributed by atoms with E-state index in [1.54, 1.807) is 0 Å². The molecular weight excluding hydrogens is 198 g/mol. The molecule has 0 radical (unpaired) electrons. The van der Waals surface area contributed by atoms with Crippen LogP contribution in [0.4, 0.5) is 0 Å². The van der Waals surface area contributed by atoms with Gasteiger partial charge in [-0.2, -0.15) is 0 Å². The smallest absolute Gasteiger partial charge is 0.000612 e. The van der Waals surface area contributed by atoms with Gasteiger partial charge in [0.05, 0.1) is 0 Å². The monoisotopic (exact) mass is 227 g/mol. The molecule has 1 heterocycles. The molecule has 0 saturated carbocycles. The Bertz CT molecular complexity index is 184. The molecule has 3 heteroatoms. The molecule has 0 aromatic rings. The van der Waals surface area contributed by atoms with E-state index in [1.165, 1.54) is 45.4 Å². The van der Waals surface area contributed by atoms with E-state index in [0.29, 0.717) is 5.41 Å². The molecule has 0 aromatic carbocycles. The summed E-state index contributed by atoms with van der Waals surface area (Å²) in [7, 11) is 6.50. The standard InChI is InChI=1S/C13H29N3/c1-13(6-10-16(4)11-7-13)12-14-8-5-9-15(2)3/h14H,5-12H2,1-4H3. The molecule has 0 spiro atoms. The first kappa shape index (κ1) is 13.9. The van der Waals surface area contributed by atoms with Crippen LogP contribution in [-0.4, -0.2) is 63.7 Å². The fourth-order valence-electron chi connectivity index (χ4n) is 2.25. The van der Waals surface area contributed by atoms with Crippen LogP contribution < -0.4 is 5.32 Å². The molecule has 1 aliphatic rings. The maximum Gasteiger partial charge on any atom is 0.000612 e. The summed E-state index contributed by atoms with van der Waals surface area (Å²) in [6.45, 7) is 8.48. The average Bonchev–Trinajstić information content (AvgIpc) is 2.22. The van der Waals surface area contributed by atoms with Crippen LogP contribution in [0, 0.1) is 5.41 Å². The third-order valence-corrected chi connectivity index (χ3v) is 3.70. The molecule has 1 rings (SSSR count). The van der Waals surface area contributed by atoms with Gasteiger partial charge in [-0.25, -0.2) is 0 Å². The van der Waals surface area contributed by atoms with Crippen molar-refractivity contribution in [3.8, 4) is 0 Å². The third kappa shape index (κ3) is 5.28. The molecule has 0 bridgehead atoms. The first-order chi connectivity index (χ1) is 7.52. The van der Waals surface area contributed by atoms with Gasteiger partial charge >= 0.3 is 0 Å². The molecule has 0 unspecified atom stereocenters. The second-order valence-corrected chi connectivity index (χ2v) is 5.95. The van der Waals surface area contributed by atoms with Crippen LogP contribution >= 0.6 is 0 Å². The zero-order valence-electron chi connectivity index (χ0n) is 11.6. The number of piperidine rings is 1.